The fraction of sp³-hybridized carbons (Fsp3) is 0.0909. The first-order chi connectivity index (χ1) is 7.56. The molecular weight excluding hydrogens is 212 g/mol. The minimum absolute atomic E-state index is 0.134. The Kier molecular flexibility index (Phi) is 3.30. The van der Waals surface area contributed by atoms with E-state index >= 15 is 0 Å². The van der Waals surface area contributed by atoms with Crippen LogP contribution >= 0.6 is 0 Å². The molecule has 0 bridgehead atoms. The Bertz CT molecular complexity index is 488. The molecular formula is C11H8O5. The summed E-state index contributed by atoms with van der Waals surface area (Å²) < 4.78 is 0. The van der Waals surface area contributed by atoms with Gasteiger partial charge in [0.15, 0.2) is 12.6 Å². The summed E-state index contributed by atoms with van der Waals surface area (Å²) in [4.78, 5) is 43.0. The van der Waals surface area contributed by atoms with E-state index in [-0.39, 0.29) is 27.8 Å². The van der Waals surface area contributed by atoms with Crippen molar-refractivity contribution in [3.8, 4) is 0 Å². The lowest BCUT2D eigenvalue weighted by Gasteiger charge is -2.08. The van der Waals surface area contributed by atoms with Gasteiger partial charge >= 0.3 is 5.97 Å². The van der Waals surface area contributed by atoms with Gasteiger partial charge in [-0.1, -0.05) is 0 Å². The number of hydrogen-bond acceptors (Lipinski definition) is 4. The van der Waals surface area contributed by atoms with Gasteiger partial charge in [-0.3, -0.25) is 14.4 Å². The molecule has 16 heavy (non-hydrogen) atoms. The molecule has 5 nitrogen and oxygen atoms in total. The number of carbonyl (C=O) groups excluding carboxylic acids is 3. The number of aldehydes is 3. The van der Waals surface area contributed by atoms with Crippen LogP contribution in [0.2, 0.25) is 0 Å². The zero-order valence-electron chi connectivity index (χ0n) is 8.39. The van der Waals surface area contributed by atoms with Gasteiger partial charge in [-0.05, 0) is 18.6 Å². The van der Waals surface area contributed by atoms with E-state index in [2.05, 4.69) is 0 Å². The van der Waals surface area contributed by atoms with Crippen molar-refractivity contribution in [2.75, 3.05) is 0 Å². The van der Waals surface area contributed by atoms with Gasteiger partial charge < -0.3 is 5.11 Å². The van der Waals surface area contributed by atoms with Crippen molar-refractivity contribution >= 4 is 24.8 Å². The Labute approximate surface area is 90.7 Å². The lowest BCUT2D eigenvalue weighted by Crippen LogP contribution is -2.10. The second-order valence-electron chi connectivity index (χ2n) is 3.13. The predicted octanol–water partition coefficient (Wildman–Crippen LogP) is 1.13. The second kappa shape index (κ2) is 4.48. The molecule has 0 aliphatic heterocycles. The highest BCUT2D eigenvalue weighted by molar-refractivity contribution is 6.06. The van der Waals surface area contributed by atoms with Crippen LogP contribution in [0.1, 0.15) is 47.0 Å². The maximum atomic E-state index is 10.9. The average Bonchev–Trinajstić information content (AvgIpc) is 2.27. The molecule has 1 rings (SSSR count). The van der Waals surface area contributed by atoms with Gasteiger partial charge in [0, 0.05) is 16.7 Å². The van der Waals surface area contributed by atoms with E-state index in [1.165, 1.54) is 6.92 Å². The van der Waals surface area contributed by atoms with Crippen molar-refractivity contribution in [1.82, 2.24) is 0 Å². The fourth-order valence-corrected chi connectivity index (χ4v) is 1.45. The van der Waals surface area contributed by atoms with E-state index in [4.69, 9.17) is 5.11 Å². The molecule has 0 amide bonds. The molecule has 0 fully saturated rings. The summed E-state index contributed by atoms with van der Waals surface area (Å²) in [6.45, 7) is 1.45. The SMILES string of the molecule is Cc1c(C=O)cc(C=O)c(C(=O)O)c1C=O. The molecule has 0 saturated heterocycles. The van der Waals surface area contributed by atoms with E-state index in [1.54, 1.807) is 0 Å². The molecule has 0 saturated carbocycles. The van der Waals surface area contributed by atoms with Crippen molar-refractivity contribution in [2.45, 2.75) is 6.92 Å². The molecule has 1 aromatic rings. The molecule has 0 radical (unpaired) electrons. The Balaban J connectivity index is 3.76. The highest BCUT2D eigenvalue weighted by Crippen LogP contribution is 2.20. The molecule has 0 heterocycles. The number of carboxylic acids is 1. The Morgan fingerprint density at radius 3 is 2.06 bits per heavy atom. The summed E-state index contributed by atoms with van der Waals surface area (Å²) in [7, 11) is 0. The first-order valence-corrected chi connectivity index (χ1v) is 4.33. The third kappa shape index (κ3) is 1.75. The van der Waals surface area contributed by atoms with Gasteiger partial charge in [0.25, 0.3) is 0 Å². The number of carbonyl (C=O) groups is 4. The number of rotatable bonds is 4. The summed E-state index contributed by atoms with van der Waals surface area (Å²) in [6.07, 6.45) is 1.11. The quantitative estimate of drug-likeness (QED) is 0.768. The highest BCUT2D eigenvalue weighted by Gasteiger charge is 2.19. The zero-order valence-corrected chi connectivity index (χ0v) is 8.39. The largest absolute Gasteiger partial charge is 0.478 e. The van der Waals surface area contributed by atoms with Crippen LogP contribution < -0.4 is 0 Å². The standard InChI is InChI=1S/C11H8O5/c1-6-7(3-12)2-8(4-13)10(11(15)16)9(6)5-14/h2-5H,1H3,(H,15,16). The van der Waals surface area contributed by atoms with E-state index in [9.17, 15) is 19.2 Å². The summed E-state index contributed by atoms with van der Waals surface area (Å²) in [5, 5.41) is 8.89. The van der Waals surface area contributed by atoms with Crippen molar-refractivity contribution < 1.29 is 24.3 Å². The van der Waals surface area contributed by atoms with Gasteiger partial charge in [0.05, 0.1) is 5.56 Å². The lowest BCUT2D eigenvalue weighted by molar-refractivity contribution is 0.0690. The topological polar surface area (TPSA) is 88.5 Å². The third-order valence-electron chi connectivity index (χ3n) is 2.29. The molecule has 0 spiro atoms. The number of benzene rings is 1. The summed E-state index contributed by atoms with van der Waals surface area (Å²) in [5.41, 5.74) is -0.295. The maximum Gasteiger partial charge on any atom is 0.337 e. The van der Waals surface area contributed by atoms with Gasteiger partial charge in [0.2, 0.25) is 0 Å². The Morgan fingerprint density at radius 1 is 1.12 bits per heavy atom. The molecule has 1 N–H and O–H groups in total. The van der Waals surface area contributed by atoms with Gasteiger partial charge in [-0.15, -0.1) is 0 Å². The van der Waals surface area contributed by atoms with Gasteiger partial charge in [-0.25, -0.2) is 4.79 Å². The van der Waals surface area contributed by atoms with Crippen LogP contribution in [-0.2, 0) is 0 Å². The Hall–Kier alpha value is -2.30. The molecule has 0 aromatic heterocycles. The maximum absolute atomic E-state index is 10.9. The van der Waals surface area contributed by atoms with Crippen LogP contribution in [0.3, 0.4) is 0 Å². The van der Waals surface area contributed by atoms with E-state index in [0.29, 0.717) is 18.9 Å². The van der Waals surface area contributed by atoms with Crippen LogP contribution in [0.5, 0.6) is 0 Å². The van der Waals surface area contributed by atoms with Crippen molar-refractivity contribution in [3.05, 3.63) is 33.9 Å². The minimum atomic E-state index is -1.37. The van der Waals surface area contributed by atoms with Crippen LogP contribution in [0.25, 0.3) is 0 Å². The van der Waals surface area contributed by atoms with Crippen LogP contribution in [0.4, 0.5) is 0 Å². The zero-order chi connectivity index (χ0) is 12.3. The predicted molar refractivity (Wildman–Crippen MR) is 54.3 cm³/mol. The smallest absolute Gasteiger partial charge is 0.337 e. The van der Waals surface area contributed by atoms with Crippen LogP contribution in [0.15, 0.2) is 6.07 Å². The lowest BCUT2D eigenvalue weighted by atomic mass is 9.94. The summed E-state index contributed by atoms with van der Waals surface area (Å²) in [6, 6.07) is 1.16. The first kappa shape index (κ1) is 11.8. The van der Waals surface area contributed by atoms with Crippen LogP contribution in [0, 0.1) is 6.92 Å². The molecule has 1 aromatic carbocycles. The molecule has 0 atom stereocenters. The average molecular weight is 220 g/mol. The number of aromatic carboxylic acids is 1. The molecule has 0 unspecified atom stereocenters. The van der Waals surface area contributed by atoms with Crippen molar-refractivity contribution in [3.63, 3.8) is 0 Å². The van der Waals surface area contributed by atoms with E-state index in [1.807, 2.05) is 0 Å². The molecule has 0 aliphatic carbocycles. The number of carboxylic acid groups (broad SMARTS) is 1. The first-order valence-electron chi connectivity index (χ1n) is 4.33. The van der Waals surface area contributed by atoms with Crippen LogP contribution in [-0.4, -0.2) is 29.9 Å². The third-order valence-corrected chi connectivity index (χ3v) is 2.29. The molecule has 5 heteroatoms. The normalized spacial score (nSPS) is 9.56. The fourth-order valence-electron chi connectivity index (χ4n) is 1.45. The van der Waals surface area contributed by atoms with Crippen molar-refractivity contribution in [2.24, 2.45) is 0 Å². The minimum Gasteiger partial charge on any atom is -0.478 e. The summed E-state index contributed by atoms with van der Waals surface area (Å²) >= 11 is 0. The molecule has 82 valence electrons. The monoisotopic (exact) mass is 220 g/mol. The van der Waals surface area contributed by atoms with E-state index in [0.717, 1.165) is 6.07 Å². The van der Waals surface area contributed by atoms with Gasteiger partial charge in [-0.2, -0.15) is 0 Å². The Morgan fingerprint density at radius 2 is 1.69 bits per heavy atom. The highest BCUT2D eigenvalue weighted by atomic mass is 16.4. The van der Waals surface area contributed by atoms with E-state index < -0.39 is 5.97 Å². The van der Waals surface area contributed by atoms with Gasteiger partial charge in [0.1, 0.15) is 6.29 Å². The summed E-state index contributed by atoms with van der Waals surface area (Å²) in [5.74, 6) is -1.37. The van der Waals surface area contributed by atoms with Crippen molar-refractivity contribution in [1.29, 1.82) is 0 Å². The number of hydrogen-bond donors (Lipinski definition) is 1. The molecule has 0 aliphatic rings. The second-order valence-corrected chi connectivity index (χ2v) is 3.13.